The Kier molecular flexibility index (Phi) is 13.7. The second-order valence-electron chi connectivity index (χ2n) is 9.62. The van der Waals surface area contributed by atoms with Crippen molar-refractivity contribution in [3.63, 3.8) is 0 Å². The zero-order valence-electron chi connectivity index (χ0n) is 22.3. The topological polar surface area (TPSA) is 36.0 Å². The summed E-state index contributed by atoms with van der Waals surface area (Å²) in [6, 6.07) is 12.0. The maximum absolute atomic E-state index is 13.4. The lowest BCUT2D eigenvalue weighted by atomic mass is 10.1. The van der Waals surface area contributed by atoms with Crippen LogP contribution in [0.4, 0.5) is 24.5 Å². The van der Waals surface area contributed by atoms with E-state index >= 15 is 0 Å². The van der Waals surface area contributed by atoms with E-state index < -0.39 is 11.7 Å². The number of fused-ring (bicyclic) bond motifs is 2. The first-order valence-corrected chi connectivity index (χ1v) is 14.0. The summed E-state index contributed by atoms with van der Waals surface area (Å²) in [5.74, 6) is -0.103. The number of ether oxygens (including phenoxy) is 1. The Bertz CT molecular complexity index is 1050. The van der Waals surface area contributed by atoms with E-state index in [1.165, 1.54) is 23.9 Å². The van der Waals surface area contributed by atoms with Gasteiger partial charge in [0.15, 0.2) is 0 Å². The standard InChI is InChI=1S/C28H36F3N3O2S.2ClH/c1-2-3-4-10-27(35)36-20-19-33-17-15-32(16-18-33)13-7-14-34-23-8-5-6-9-25(23)37-26-12-11-22(21-24(26)34)28(29,30)31;;/h5-6,8-9,11-12,21H,2-4,7,10,13-20H2,1H3;2*1H. The number of rotatable bonds is 11. The van der Waals surface area contributed by atoms with E-state index in [1.807, 2.05) is 29.2 Å². The fourth-order valence-corrected chi connectivity index (χ4v) is 5.89. The molecule has 11 heteroatoms. The SMILES string of the molecule is CCCCCC(=O)OCCN1CCN(CCCN2c3ccccc3Sc3ccc(C(F)(F)F)cc32)CC1.Cl.Cl. The van der Waals surface area contributed by atoms with Crippen molar-refractivity contribution in [3.05, 3.63) is 48.0 Å². The van der Waals surface area contributed by atoms with Crippen LogP contribution in [0.15, 0.2) is 52.3 Å². The molecule has 0 bridgehead atoms. The van der Waals surface area contributed by atoms with Crippen molar-refractivity contribution in [1.29, 1.82) is 0 Å². The maximum atomic E-state index is 13.4. The molecule has 0 radical (unpaired) electrons. The van der Waals surface area contributed by atoms with Crippen molar-refractivity contribution in [2.45, 2.75) is 55.0 Å². The van der Waals surface area contributed by atoms with Crippen LogP contribution in [0.3, 0.4) is 0 Å². The zero-order chi connectivity index (χ0) is 26.3. The van der Waals surface area contributed by atoms with Crippen LogP contribution >= 0.6 is 36.6 Å². The minimum Gasteiger partial charge on any atom is -0.464 e. The molecule has 0 atom stereocenters. The Balaban J connectivity index is 0.00000267. The van der Waals surface area contributed by atoms with E-state index in [4.69, 9.17) is 4.74 Å². The van der Waals surface area contributed by atoms with Gasteiger partial charge >= 0.3 is 12.1 Å². The molecule has 0 spiro atoms. The molecule has 0 aliphatic carbocycles. The predicted molar refractivity (Wildman–Crippen MR) is 156 cm³/mol. The third-order valence-corrected chi connectivity index (χ3v) is 8.06. The van der Waals surface area contributed by atoms with Gasteiger partial charge in [0.05, 0.1) is 16.9 Å². The second kappa shape index (κ2) is 16.0. The molecule has 2 aliphatic heterocycles. The van der Waals surface area contributed by atoms with Crippen LogP contribution in [0, 0.1) is 0 Å². The lowest BCUT2D eigenvalue weighted by Gasteiger charge is -2.36. The first-order valence-electron chi connectivity index (χ1n) is 13.2. The molecule has 4 rings (SSSR count). The number of hydrogen-bond acceptors (Lipinski definition) is 6. The van der Waals surface area contributed by atoms with Gasteiger partial charge in [-0.15, -0.1) is 24.8 Å². The van der Waals surface area contributed by atoms with Crippen LogP contribution in [0.2, 0.25) is 0 Å². The van der Waals surface area contributed by atoms with Crippen molar-refractivity contribution in [2.24, 2.45) is 0 Å². The fraction of sp³-hybridized carbons (Fsp3) is 0.536. The monoisotopic (exact) mass is 607 g/mol. The number of anilines is 2. The van der Waals surface area contributed by atoms with Gasteiger partial charge in [-0.1, -0.05) is 43.7 Å². The van der Waals surface area contributed by atoms with Crippen LogP contribution in [-0.4, -0.2) is 68.2 Å². The minimum atomic E-state index is -4.37. The van der Waals surface area contributed by atoms with E-state index in [1.54, 1.807) is 6.07 Å². The van der Waals surface area contributed by atoms with Crippen molar-refractivity contribution in [3.8, 4) is 0 Å². The molecular weight excluding hydrogens is 570 g/mol. The lowest BCUT2D eigenvalue weighted by Crippen LogP contribution is -2.47. The molecule has 0 aromatic heterocycles. The van der Waals surface area contributed by atoms with Crippen LogP contribution in [0.1, 0.15) is 44.6 Å². The Morgan fingerprint density at radius 3 is 2.23 bits per heavy atom. The molecular formula is C28H38Cl2F3N3O2S. The molecule has 0 amide bonds. The van der Waals surface area contributed by atoms with Gasteiger partial charge < -0.3 is 14.5 Å². The van der Waals surface area contributed by atoms with Gasteiger partial charge in [-0.3, -0.25) is 9.69 Å². The van der Waals surface area contributed by atoms with Crippen molar-refractivity contribution in [1.82, 2.24) is 9.80 Å². The summed E-state index contributed by atoms with van der Waals surface area (Å²) in [6.07, 6.45) is 0.0316. The predicted octanol–water partition coefficient (Wildman–Crippen LogP) is 7.28. The molecule has 1 fully saturated rings. The fourth-order valence-electron chi connectivity index (χ4n) is 4.82. The van der Waals surface area contributed by atoms with Crippen LogP contribution in [0.25, 0.3) is 0 Å². The number of nitrogens with zero attached hydrogens (tertiary/aromatic N) is 3. The van der Waals surface area contributed by atoms with Crippen LogP contribution in [-0.2, 0) is 15.7 Å². The summed E-state index contributed by atoms with van der Waals surface area (Å²) in [4.78, 5) is 20.5. The number of alkyl halides is 3. The van der Waals surface area contributed by atoms with Gasteiger partial charge in [-0.2, -0.15) is 13.2 Å². The Hall–Kier alpha value is -1.65. The molecule has 0 N–H and O–H groups in total. The number of para-hydroxylation sites is 1. The van der Waals surface area contributed by atoms with Crippen LogP contribution < -0.4 is 4.90 Å². The highest BCUT2D eigenvalue weighted by atomic mass is 35.5. The van der Waals surface area contributed by atoms with Gasteiger partial charge in [0, 0.05) is 55.5 Å². The second-order valence-corrected chi connectivity index (χ2v) is 10.7. The summed E-state index contributed by atoms with van der Waals surface area (Å²) in [7, 11) is 0. The first kappa shape index (κ1) is 33.6. The van der Waals surface area contributed by atoms with Crippen molar-refractivity contribution in [2.75, 3.05) is 57.3 Å². The van der Waals surface area contributed by atoms with E-state index in [-0.39, 0.29) is 30.8 Å². The number of esters is 1. The molecule has 2 heterocycles. The number of carbonyl (C=O) groups is 1. The lowest BCUT2D eigenvalue weighted by molar-refractivity contribution is -0.144. The van der Waals surface area contributed by atoms with E-state index in [9.17, 15) is 18.0 Å². The van der Waals surface area contributed by atoms with E-state index in [2.05, 4.69) is 16.7 Å². The molecule has 2 aliphatic rings. The number of unbranched alkanes of at least 4 members (excludes halogenated alkanes) is 2. The van der Waals surface area contributed by atoms with Gasteiger partial charge in [0.1, 0.15) is 6.61 Å². The Morgan fingerprint density at radius 1 is 0.872 bits per heavy atom. The first-order chi connectivity index (χ1) is 17.8. The molecule has 39 heavy (non-hydrogen) atoms. The van der Waals surface area contributed by atoms with Gasteiger partial charge in [0.2, 0.25) is 0 Å². The minimum absolute atomic E-state index is 0. The zero-order valence-corrected chi connectivity index (χ0v) is 24.7. The average molecular weight is 609 g/mol. The smallest absolute Gasteiger partial charge is 0.416 e. The highest BCUT2D eigenvalue weighted by Crippen LogP contribution is 2.49. The number of halogens is 5. The normalized spacial score (nSPS) is 15.5. The Morgan fingerprint density at radius 2 is 1.54 bits per heavy atom. The molecule has 2 aromatic carbocycles. The highest BCUT2D eigenvalue weighted by molar-refractivity contribution is 7.99. The third kappa shape index (κ3) is 9.46. The molecule has 2 aromatic rings. The van der Waals surface area contributed by atoms with Gasteiger partial charge in [-0.05, 0) is 49.7 Å². The number of piperazine rings is 1. The maximum Gasteiger partial charge on any atom is 0.416 e. The summed E-state index contributed by atoms with van der Waals surface area (Å²) in [5, 5.41) is 0. The third-order valence-electron chi connectivity index (χ3n) is 6.93. The van der Waals surface area contributed by atoms with Gasteiger partial charge in [-0.25, -0.2) is 0 Å². The summed E-state index contributed by atoms with van der Waals surface area (Å²) >= 11 is 1.52. The summed E-state index contributed by atoms with van der Waals surface area (Å²) in [6.45, 7) is 8.58. The number of benzene rings is 2. The highest BCUT2D eigenvalue weighted by Gasteiger charge is 2.33. The quantitative estimate of drug-likeness (QED) is 0.197. The van der Waals surface area contributed by atoms with Crippen molar-refractivity contribution < 1.29 is 22.7 Å². The van der Waals surface area contributed by atoms with E-state index in [0.717, 1.165) is 80.4 Å². The summed E-state index contributed by atoms with van der Waals surface area (Å²) in [5.41, 5.74) is 0.986. The Labute approximate surface area is 246 Å². The average Bonchev–Trinajstić information content (AvgIpc) is 2.88. The largest absolute Gasteiger partial charge is 0.464 e. The summed E-state index contributed by atoms with van der Waals surface area (Å²) < 4.78 is 45.6. The molecule has 0 unspecified atom stereocenters. The number of hydrogen-bond donors (Lipinski definition) is 0. The van der Waals surface area contributed by atoms with Crippen LogP contribution in [0.5, 0.6) is 0 Å². The van der Waals surface area contributed by atoms with Crippen molar-refractivity contribution >= 4 is 53.9 Å². The molecule has 218 valence electrons. The number of carbonyl (C=O) groups excluding carboxylic acids is 1. The molecule has 1 saturated heterocycles. The molecule has 5 nitrogen and oxygen atoms in total. The van der Waals surface area contributed by atoms with E-state index in [0.29, 0.717) is 25.3 Å². The molecule has 0 saturated carbocycles. The van der Waals surface area contributed by atoms with Gasteiger partial charge in [0.25, 0.3) is 0 Å².